The molecule has 3 aromatic heterocycles. The molecule has 0 spiro atoms. The lowest BCUT2D eigenvalue weighted by Crippen LogP contribution is -2.10. The number of rotatable bonds is 4. The summed E-state index contributed by atoms with van der Waals surface area (Å²) in [7, 11) is 1.73. The van der Waals surface area contributed by atoms with E-state index in [-0.39, 0.29) is 12.2 Å². The van der Waals surface area contributed by atoms with Crippen molar-refractivity contribution in [2.45, 2.75) is 16.9 Å². The second-order valence-electron chi connectivity index (χ2n) is 5.22. The Labute approximate surface area is 145 Å². The Balaban J connectivity index is 1.80. The third-order valence-corrected chi connectivity index (χ3v) is 4.60. The third kappa shape index (κ3) is 2.71. The van der Waals surface area contributed by atoms with Crippen molar-refractivity contribution in [2.75, 3.05) is 0 Å². The van der Waals surface area contributed by atoms with Gasteiger partial charge in [-0.1, -0.05) is 18.2 Å². The lowest BCUT2D eigenvalue weighted by molar-refractivity contribution is 0.266. The zero-order chi connectivity index (χ0) is 17.4. The summed E-state index contributed by atoms with van der Waals surface area (Å²) in [5.74, 6) is 0.431. The molecule has 9 nitrogen and oxygen atoms in total. The van der Waals surface area contributed by atoms with E-state index in [0.29, 0.717) is 27.2 Å². The summed E-state index contributed by atoms with van der Waals surface area (Å²) in [6.07, 6.45) is 1.49. The summed E-state index contributed by atoms with van der Waals surface area (Å²) in [6.45, 7) is -0.214. The number of aliphatic hydroxyl groups excluding tert-OH is 1. The quantitative estimate of drug-likeness (QED) is 0.522. The van der Waals surface area contributed by atoms with Crippen molar-refractivity contribution in [3.05, 3.63) is 52.7 Å². The summed E-state index contributed by atoms with van der Waals surface area (Å²) in [4.78, 5) is 19.6. The van der Waals surface area contributed by atoms with Crippen molar-refractivity contribution < 1.29 is 5.11 Å². The van der Waals surface area contributed by atoms with Gasteiger partial charge in [-0.05, 0) is 23.9 Å². The molecule has 0 aliphatic rings. The average Bonchev–Trinajstić information content (AvgIpc) is 3.20. The predicted octanol–water partition coefficient (Wildman–Crippen LogP) is 0.881. The van der Waals surface area contributed by atoms with Gasteiger partial charge in [0.1, 0.15) is 12.0 Å². The summed E-state index contributed by atoms with van der Waals surface area (Å²) < 4.78 is 3.26. The summed E-state index contributed by atoms with van der Waals surface area (Å²) in [6, 6.07) is 9.46. The molecule has 0 bridgehead atoms. The highest BCUT2D eigenvalue weighted by Gasteiger charge is 2.15. The number of hydrogen-bond donors (Lipinski definition) is 2. The van der Waals surface area contributed by atoms with Gasteiger partial charge in [0.25, 0.3) is 5.56 Å². The highest BCUT2D eigenvalue weighted by Crippen LogP contribution is 2.23. The first-order valence-electron chi connectivity index (χ1n) is 7.38. The largest absolute Gasteiger partial charge is 0.388 e. The number of aromatic amines is 1. The topological polar surface area (TPSA) is 115 Å². The molecule has 0 atom stereocenters. The van der Waals surface area contributed by atoms with Crippen molar-refractivity contribution in [3.8, 4) is 5.69 Å². The number of nitrogens with one attached hydrogen (secondary N) is 1. The molecule has 0 fully saturated rings. The van der Waals surface area contributed by atoms with E-state index in [1.165, 1.54) is 6.20 Å². The Morgan fingerprint density at radius 1 is 1.24 bits per heavy atom. The van der Waals surface area contributed by atoms with Gasteiger partial charge in [0.15, 0.2) is 21.8 Å². The monoisotopic (exact) mass is 355 g/mol. The van der Waals surface area contributed by atoms with Crippen LogP contribution in [0.25, 0.3) is 16.7 Å². The Morgan fingerprint density at radius 2 is 2.04 bits per heavy atom. The predicted molar refractivity (Wildman–Crippen MR) is 90.5 cm³/mol. The first-order valence-corrected chi connectivity index (χ1v) is 8.19. The number of hydrogen-bond acceptors (Lipinski definition) is 7. The second kappa shape index (κ2) is 6.15. The molecule has 0 amide bonds. The van der Waals surface area contributed by atoms with Crippen molar-refractivity contribution >= 4 is 22.8 Å². The SMILES string of the molecule is Cn1c(CO)nnc1Sc1nc2c(cnn2-c2ccccc2)c(=O)[nH]1. The molecule has 1 aromatic carbocycles. The van der Waals surface area contributed by atoms with Crippen LogP contribution in [0.3, 0.4) is 0 Å². The van der Waals surface area contributed by atoms with Gasteiger partial charge in [-0.2, -0.15) is 5.10 Å². The lowest BCUT2D eigenvalue weighted by Gasteiger charge is -2.04. The van der Waals surface area contributed by atoms with Crippen LogP contribution in [-0.2, 0) is 13.7 Å². The van der Waals surface area contributed by atoms with Gasteiger partial charge in [-0.15, -0.1) is 10.2 Å². The van der Waals surface area contributed by atoms with Crippen LogP contribution in [-0.4, -0.2) is 39.6 Å². The highest BCUT2D eigenvalue weighted by molar-refractivity contribution is 7.99. The van der Waals surface area contributed by atoms with E-state index in [1.54, 1.807) is 16.3 Å². The minimum atomic E-state index is -0.278. The van der Waals surface area contributed by atoms with Crippen LogP contribution in [0, 0.1) is 0 Å². The van der Waals surface area contributed by atoms with E-state index >= 15 is 0 Å². The molecule has 2 N–H and O–H groups in total. The van der Waals surface area contributed by atoms with E-state index in [0.717, 1.165) is 17.4 Å². The van der Waals surface area contributed by atoms with E-state index in [9.17, 15) is 9.90 Å². The van der Waals surface area contributed by atoms with Crippen LogP contribution in [0.2, 0.25) is 0 Å². The number of H-pyrrole nitrogens is 1. The molecule has 10 heteroatoms. The van der Waals surface area contributed by atoms with Gasteiger partial charge in [0, 0.05) is 7.05 Å². The maximum absolute atomic E-state index is 12.3. The average molecular weight is 355 g/mol. The van der Waals surface area contributed by atoms with Gasteiger partial charge >= 0.3 is 0 Å². The fourth-order valence-corrected chi connectivity index (χ4v) is 3.14. The van der Waals surface area contributed by atoms with Crippen LogP contribution in [0.4, 0.5) is 0 Å². The molecule has 0 radical (unpaired) electrons. The number of nitrogens with zero attached hydrogens (tertiary/aromatic N) is 6. The minimum Gasteiger partial charge on any atom is -0.388 e. The normalized spacial score (nSPS) is 11.3. The molecule has 0 aliphatic heterocycles. The highest BCUT2D eigenvalue weighted by atomic mass is 32.2. The smallest absolute Gasteiger partial charge is 0.262 e. The third-order valence-electron chi connectivity index (χ3n) is 3.67. The fourth-order valence-electron chi connectivity index (χ4n) is 2.36. The zero-order valence-corrected chi connectivity index (χ0v) is 13.9. The van der Waals surface area contributed by atoms with Gasteiger partial charge in [0.2, 0.25) is 0 Å². The standard InChI is InChI=1S/C15H13N7O2S/c1-21-11(8-23)19-20-15(21)25-14-17-12-10(13(24)18-14)7-16-22(12)9-5-3-2-4-6-9/h2-7,23H,8H2,1H3,(H,17,18,24). The van der Waals surface area contributed by atoms with Crippen molar-refractivity contribution in [1.82, 2.24) is 34.5 Å². The Hall–Kier alpha value is -2.98. The van der Waals surface area contributed by atoms with Gasteiger partial charge in [0.05, 0.1) is 11.9 Å². The van der Waals surface area contributed by atoms with E-state index in [1.807, 2.05) is 30.3 Å². The van der Waals surface area contributed by atoms with E-state index in [4.69, 9.17) is 0 Å². The minimum absolute atomic E-state index is 0.214. The zero-order valence-electron chi connectivity index (χ0n) is 13.1. The molecular weight excluding hydrogens is 342 g/mol. The van der Waals surface area contributed by atoms with Crippen LogP contribution in [0.1, 0.15) is 5.82 Å². The van der Waals surface area contributed by atoms with Gasteiger partial charge in [-0.3, -0.25) is 4.79 Å². The van der Waals surface area contributed by atoms with Crippen LogP contribution < -0.4 is 5.56 Å². The molecule has 4 aromatic rings. The van der Waals surface area contributed by atoms with Crippen LogP contribution in [0.15, 0.2) is 51.6 Å². The summed E-state index contributed by atoms with van der Waals surface area (Å²) in [5, 5.41) is 22.6. The lowest BCUT2D eigenvalue weighted by atomic mass is 10.3. The Bertz CT molecular complexity index is 1100. The van der Waals surface area contributed by atoms with Crippen molar-refractivity contribution in [3.63, 3.8) is 0 Å². The molecule has 4 rings (SSSR count). The fraction of sp³-hybridized carbons (Fsp3) is 0.133. The Kier molecular flexibility index (Phi) is 3.82. The number of para-hydroxylation sites is 1. The first-order chi connectivity index (χ1) is 12.2. The molecule has 126 valence electrons. The molecule has 25 heavy (non-hydrogen) atoms. The van der Waals surface area contributed by atoms with Crippen molar-refractivity contribution in [1.29, 1.82) is 0 Å². The maximum atomic E-state index is 12.3. The number of aliphatic hydroxyl groups is 1. The molecular formula is C15H13N7O2S. The Morgan fingerprint density at radius 3 is 2.76 bits per heavy atom. The number of aromatic nitrogens is 7. The number of fused-ring (bicyclic) bond motifs is 1. The molecule has 0 unspecified atom stereocenters. The first kappa shape index (κ1) is 15.5. The van der Waals surface area contributed by atoms with E-state index in [2.05, 4.69) is 25.3 Å². The van der Waals surface area contributed by atoms with E-state index < -0.39 is 0 Å². The number of benzene rings is 1. The van der Waals surface area contributed by atoms with Gasteiger partial charge in [-0.25, -0.2) is 9.67 Å². The summed E-state index contributed by atoms with van der Waals surface area (Å²) >= 11 is 1.16. The van der Waals surface area contributed by atoms with Crippen molar-refractivity contribution in [2.24, 2.45) is 7.05 Å². The molecule has 0 saturated carbocycles. The maximum Gasteiger partial charge on any atom is 0.262 e. The summed E-state index contributed by atoms with van der Waals surface area (Å²) in [5.41, 5.74) is 0.994. The van der Waals surface area contributed by atoms with Crippen LogP contribution >= 0.6 is 11.8 Å². The second-order valence-corrected chi connectivity index (χ2v) is 6.17. The molecule has 0 saturated heterocycles. The molecule has 3 heterocycles. The van der Waals surface area contributed by atoms with Gasteiger partial charge < -0.3 is 14.7 Å². The molecule has 0 aliphatic carbocycles. The van der Waals surface area contributed by atoms with Crippen LogP contribution in [0.5, 0.6) is 0 Å².